The maximum absolute atomic E-state index is 11.5. The lowest BCUT2D eigenvalue weighted by Crippen LogP contribution is -2.46. The molecule has 0 unspecified atom stereocenters. The molecule has 2 fully saturated rings. The summed E-state index contributed by atoms with van der Waals surface area (Å²) < 4.78 is 7.20. The molecule has 2 heterocycles. The molecule has 24 heavy (non-hydrogen) atoms. The van der Waals surface area contributed by atoms with Crippen LogP contribution in [-0.2, 0) is 4.74 Å². The maximum atomic E-state index is 11.5. The Kier molecular flexibility index (Phi) is 6.19. The number of carbonyl (C=O) groups excluding carboxylic acids is 1. The van der Waals surface area contributed by atoms with Crippen LogP contribution in [0, 0.1) is 5.92 Å². The molecule has 0 bridgehead atoms. The molecule has 0 aliphatic carbocycles. The Bertz CT molecular complexity index is 533. The van der Waals surface area contributed by atoms with Crippen molar-refractivity contribution in [3.63, 3.8) is 0 Å². The van der Waals surface area contributed by atoms with Gasteiger partial charge in [-0.1, -0.05) is 6.92 Å². The molecular weight excluding hydrogens is 320 g/mol. The van der Waals surface area contributed by atoms with Crippen molar-refractivity contribution in [2.75, 3.05) is 33.3 Å². The molecule has 1 aromatic carbocycles. The van der Waals surface area contributed by atoms with Gasteiger partial charge in [0.05, 0.1) is 12.7 Å². The number of benzene rings is 1. The molecule has 2 aliphatic heterocycles. The fourth-order valence-corrected chi connectivity index (χ4v) is 4.56. The summed E-state index contributed by atoms with van der Waals surface area (Å²) in [7, 11) is 1.41. The van der Waals surface area contributed by atoms with E-state index in [0.29, 0.717) is 5.56 Å². The highest BCUT2D eigenvalue weighted by Crippen LogP contribution is 2.29. The molecule has 4 nitrogen and oxygen atoms in total. The molecule has 0 spiro atoms. The molecule has 0 atom stereocenters. The van der Waals surface area contributed by atoms with Crippen LogP contribution in [0.5, 0.6) is 0 Å². The first-order chi connectivity index (χ1) is 11.7. The normalized spacial score (nSPS) is 21.8. The van der Waals surface area contributed by atoms with Crippen LogP contribution in [0.3, 0.4) is 0 Å². The summed E-state index contributed by atoms with van der Waals surface area (Å²) in [6.45, 7) is 7.23. The highest BCUT2D eigenvalue weighted by molar-refractivity contribution is 7.97. The van der Waals surface area contributed by atoms with E-state index in [1.54, 1.807) is 11.9 Å². The molecule has 132 valence electrons. The largest absolute Gasteiger partial charge is 0.465 e. The number of esters is 1. The number of ether oxygens (including phenoxy) is 1. The molecule has 0 radical (unpaired) electrons. The van der Waals surface area contributed by atoms with Gasteiger partial charge < -0.3 is 9.64 Å². The van der Waals surface area contributed by atoms with Crippen molar-refractivity contribution in [3.8, 4) is 0 Å². The van der Waals surface area contributed by atoms with Gasteiger partial charge >= 0.3 is 5.97 Å². The van der Waals surface area contributed by atoms with Crippen LogP contribution in [0.4, 0.5) is 0 Å². The molecule has 0 amide bonds. The van der Waals surface area contributed by atoms with Crippen LogP contribution in [0.1, 0.15) is 43.0 Å². The highest BCUT2D eigenvalue weighted by Gasteiger charge is 2.27. The van der Waals surface area contributed by atoms with Gasteiger partial charge in [-0.25, -0.2) is 9.10 Å². The summed E-state index contributed by atoms with van der Waals surface area (Å²) in [4.78, 5) is 15.4. The summed E-state index contributed by atoms with van der Waals surface area (Å²) in [6.07, 6.45) is 5.26. The number of likely N-dealkylation sites (tertiary alicyclic amines) is 1. The molecule has 2 aliphatic rings. The Labute approximate surface area is 149 Å². The summed E-state index contributed by atoms with van der Waals surface area (Å²) in [6, 6.07) is 8.48. The van der Waals surface area contributed by atoms with Gasteiger partial charge in [-0.2, -0.15) is 0 Å². The molecule has 0 aromatic heterocycles. The minimum Gasteiger partial charge on any atom is -0.465 e. The van der Waals surface area contributed by atoms with E-state index in [4.69, 9.17) is 4.74 Å². The zero-order valence-electron chi connectivity index (χ0n) is 14.7. The van der Waals surface area contributed by atoms with E-state index in [0.717, 1.165) is 25.0 Å². The second kappa shape index (κ2) is 8.37. The van der Waals surface area contributed by atoms with Gasteiger partial charge in [-0.15, -0.1) is 0 Å². The van der Waals surface area contributed by atoms with Crippen molar-refractivity contribution in [2.45, 2.75) is 43.5 Å². The van der Waals surface area contributed by atoms with Gasteiger partial charge in [0, 0.05) is 24.0 Å². The molecule has 0 N–H and O–H groups in total. The Morgan fingerprint density at radius 2 is 1.67 bits per heavy atom. The molecule has 2 saturated heterocycles. The van der Waals surface area contributed by atoms with Gasteiger partial charge in [0.1, 0.15) is 0 Å². The summed E-state index contributed by atoms with van der Waals surface area (Å²) in [5, 5.41) is 0. The zero-order chi connectivity index (χ0) is 16.9. The Morgan fingerprint density at radius 1 is 1.04 bits per heavy atom. The fraction of sp³-hybridized carbons (Fsp3) is 0.632. The average molecular weight is 349 g/mol. The first-order valence-electron chi connectivity index (χ1n) is 9.01. The molecular formula is C19H28N2O2S. The van der Waals surface area contributed by atoms with E-state index in [1.165, 1.54) is 50.8 Å². The minimum atomic E-state index is -0.275. The Balaban J connectivity index is 1.46. The fourth-order valence-electron chi connectivity index (χ4n) is 3.61. The molecule has 5 heteroatoms. The van der Waals surface area contributed by atoms with E-state index < -0.39 is 0 Å². The van der Waals surface area contributed by atoms with Crippen molar-refractivity contribution >= 4 is 17.9 Å². The van der Waals surface area contributed by atoms with E-state index in [9.17, 15) is 4.79 Å². The van der Waals surface area contributed by atoms with E-state index in [-0.39, 0.29) is 5.97 Å². The minimum absolute atomic E-state index is 0.275. The Hall–Kier alpha value is -1.04. The lowest BCUT2D eigenvalue weighted by molar-refractivity contribution is 0.0600. The SMILES string of the molecule is COC(=O)c1ccc(SN2CCC(N3CCC(C)CC3)CC2)cc1. The summed E-state index contributed by atoms with van der Waals surface area (Å²) in [5.41, 5.74) is 0.611. The van der Waals surface area contributed by atoms with Crippen molar-refractivity contribution in [1.29, 1.82) is 0 Å². The average Bonchev–Trinajstić information content (AvgIpc) is 2.63. The van der Waals surface area contributed by atoms with Crippen molar-refractivity contribution < 1.29 is 9.53 Å². The zero-order valence-corrected chi connectivity index (χ0v) is 15.6. The van der Waals surface area contributed by atoms with Crippen LogP contribution in [0.15, 0.2) is 29.2 Å². The van der Waals surface area contributed by atoms with Crippen LogP contribution in [0.2, 0.25) is 0 Å². The third kappa shape index (κ3) is 4.52. The van der Waals surface area contributed by atoms with Crippen molar-refractivity contribution in [2.24, 2.45) is 5.92 Å². The smallest absolute Gasteiger partial charge is 0.337 e. The standard InChI is InChI=1S/C19H28N2O2S/c1-15-7-11-20(12-8-15)17-9-13-21(14-10-17)24-18-5-3-16(4-6-18)19(22)23-2/h3-6,15,17H,7-14H2,1-2H3. The number of rotatable bonds is 4. The predicted octanol–water partition coefficient (Wildman–Crippen LogP) is 3.68. The summed E-state index contributed by atoms with van der Waals surface area (Å²) in [5.74, 6) is 0.632. The lowest BCUT2D eigenvalue weighted by Gasteiger charge is -2.41. The van der Waals surface area contributed by atoms with Gasteiger partial charge in [0.2, 0.25) is 0 Å². The third-order valence-corrected chi connectivity index (χ3v) is 6.37. The lowest BCUT2D eigenvalue weighted by atomic mass is 9.95. The van der Waals surface area contributed by atoms with E-state index in [2.05, 4.69) is 16.1 Å². The van der Waals surface area contributed by atoms with Crippen LogP contribution < -0.4 is 0 Å². The number of hydrogen-bond acceptors (Lipinski definition) is 5. The monoisotopic (exact) mass is 348 g/mol. The van der Waals surface area contributed by atoms with Crippen LogP contribution >= 0.6 is 11.9 Å². The molecule has 0 saturated carbocycles. The number of nitrogens with zero attached hydrogens (tertiary/aromatic N) is 2. The van der Waals surface area contributed by atoms with Gasteiger partial charge in [-0.05, 0) is 80.9 Å². The first-order valence-corrected chi connectivity index (χ1v) is 9.78. The Morgan fingerprint density at radius 3 is 2.25 bits per heavy atom. The first kappa shape index (κ1) is 17.8. The van der Waals surface area contributed by atoms with Crippen molar-refractivity contribution in [1.82, 2.24) is 9.21 Å². The van der Waals surface area contributed by atoms with Crippen LogP contribution in [0.25, 0.3) is 0 Å². The quantitative estimate of drug-likeness (QED) is 0.612. The number of hydrogen-bond donors (Lipinski definition) is 0. The molecule has 1 aromatic rings. The second-order valence-electron chi connectivity index (χ2n) is 6.99. The maximum Gasteiger partial charge on any atom is 0.337 e. The van der Waals surface area contributed by atoms with Gasteiger partial charge in [-0.3, -0.25) is 0 Å². The number of carbonyl (C=O) groups is 1. The third-order valence-electron chi connectivity index (χ3n) is 5.27. The summed E-state index contributed by atoms with van der Waals surface area (Å²) >= 11 is 1.80. The van der Waals surface area contributed by atoms with E-state index >= 15 is 0 Å². The number of methoxy groups -OCH3 is 1. The highest BCUT2D eigenvalue weighted by atomic mass is 32.2. The van der Waals surface area contributed by atoms with Gasteiger partial charge in [0.25, 0.3) is 0 Å². The van der Waals surface area contributed by atoms with E-state index in [1.807, 2.05) is 24.3 Å². The topological polar surface area (TPSA) is 32.8 Å². The van der Waals surface area contributed by atoms with Crippen molar-refractivity contribution in [3.05, 3.63) is 29.8 Å². The van der Waals surface area contributed by atoms with Crippen LogP contribution in [-0.4, -0.2) is 54.5 Å². The van der Waals surface area contributed by atoms with Gasteiger partial charge in [0.15, 0.2) is 0 Å². The second-order valence-corrected chi connectivity index (χ2v) is 8.16. The number of piperidine rings is 2. The predicted molar refractivity (Wildman–Crippen MR) is 98.2 cm³/mol. The molecule has 3 rings (SSSR count).